The number of aromatic nitrogens is 1. The van der Waals surface area contributed by atoms with Gasteiger partial charge in [0.15, 0.2) is 17.5 Å². The maximum atomic E-state index is 14.0. The summed E-state index contributed by atoms with van der Waals surface area (Å²) in [7, 11) is 0. The summed E-state index contributed by atoms with van der Waals surface area (Å²) in [6.07, 6.45) is 1.30. The lowest BCUT2D eigenvalue weighted by atomic mass is 10.0. The maximum absolute atomic E-state index is 14.0. The van der Waals surface area contributed by atoms with Gasteiger partial charge in [0.05, 0.1) is 5.01 Å². The topological polar surface area (TPSA) is 24.9 Å². The predicted molar refractivity (Wildman–Crippen MR) is 77.9 cm³/mol. The molecule has 0 saturated carbocycles. The molecule has 1 N–H and O–H groups in total. The van der Waals surface area contributed by atoms with Crippen molar-refractivity contribution in [2.24, 2.45) is 0 Å². The summed E-state index contributed by atoms with van der Waals surface area (Å²) < 4.78 is 40.5. The van der Waals surface area contributed by atoms with Gasteiger partial charge < -0.3 is 5.32 Å². The Bertz CT molecular complexity index is 613. The van der Waals surface area contributed by atoms with E-state index in [1.54, 1.807) is 0 Å². The van der Waals surface area contributed by atoms with Gasteiger partial charge in [0.25, 0.3) is 0 Å². The van der Waals surface area contributed by atoms with Crippen molar-refractivity contribution in [1.29, 1.82) is 0 Å². The van der Waals surface area contributed by atoms with Crippen LogP contribution in [0.15, 0.2) is 17.5 Å². The SMILES string of the molecule is CCCNC(Cc1nc(C)cs1)c1ccc(F)c(F)c1F. The van der Waals surface area contributed by atoms with Gasteiger partial charge in [-0.1, -0.05) is 13.0 Å². The van der Waals surface area contributed by atoms with Crippen LogP contribution in [-0.2, 0) is 6.42 Å². The van der Waals surface area contributed by atoms with Gasteiger partial charge in [0.1, 0.15) is 0 Å². The highest BCUT2D eigenvalue weighted by Crippen LogP contribution is 2.25. The van der Waals surface area contributed by atoms with E-state index in [1.165, 1.54) is 17.4 Å². The molecule has 1 aromatic heterocycles. The molecular weight excluding hydrogens is 297 g/mol. The molecule has 0 aliphatic rings. The van der Waals surface area contributed by atoms with Crippen LogP contribution in [0.3, 0.4) is 0 Å². The van der Waals surface area contributed by atoms with Gasteiger partial charge in [-0.2, -0.15) is 0 Å². The Morgan fingerprint density at radius 1 is 1.24 bits per heavy atom. The van der Waals surface area contributed by atoms with Crippen molar-refractivity contribution in [3.8, 4) is 0 Å². The highest BCUT2D eigenvalue weighted by molar-refractivity contribution is 7.09. The highest BCUT2D eigenvalue weighted by Gasteiger charge is 2.21. The second kappa shape index (κ2) is 7.04. The number of rotatable bonds is 6. The van der Waals surface area contributed by atoms with Crippen LogP contribution in [0.5, 0.6) is 0 Å². The number of hydrogen-bond donors (Lipinski definition) is 1. The molecule has 0 radical (unpaired) electrons. The second-order valence-electron chi connectivity index (χ2n) is 4.86. The van der Waals surface area contributed by atoms with Crippen LogP contribution in [0.1, 0.15) is 35.7 Å². The molecule has 114 valence electrons. The van der Waals surface area contributed by atoms with E-state index < -0.39 is 23.5 Å². The van der Waals surface area contributed by atoms with E-state index in [2.05, 4.69) is 10.3 Å². The number of benzene rings is 1. The van der Waals surface area contributed by atoms with E-state index in [0.29, 0.717) is 13.0 Å². The lowest BCUT2D eigenvalue weighted by molar-refractivity contribution is 0.422. The third-order valence-electron chi connectivity index (χ3n) is 3.13. The number of hydrogen-bond acceptors (Lipinski definition) is 3. The maximum Gasteiger partial charge on any atom is 0.194 e. The first kappa shape index (κ1) is 16.0. The van der Waals surface area contributed by atoms with Gasteiger partial charge in [-0.3, -0.25) is 0 Å². The first-order valence-electron chi connectivity index (χ1n) is 6.80. The number of thiazole rings is 1. The molecule has 0 aliphatic heterocycles. The monoisotopic (exact) mass is 314 g/mol. The molecule has 0 aliphatic carbocycles. The fourth-order valence-electron chi connectivity index (χ4n) is 2.09. The Morgan fingerprint density at radius 2 is 2.00 bits per heavy atom. The molecule has 1 unspecified atom stereocenters. The van der Waals surface area contributed by atoms with Crippen molar-refractivity contribution in [2.75, 3.05) is 6.54 Å². The molecule has 6 heteroatoms. The fourth-order valence-corrected chi connectivity index (χ4v) is 2.91. The number of aryl methyl sites for hydroxylation is 1. The van der Waals surface area contributed by atoms with Crippen molar-refractivity contribution in [3.63, 3.8) is 0 Å². The predicted octanol–water partition coefficient (Wildman–Crippen LogP) is 4.15. The molecule has 21 heavy (non-hydrogen) atoms. The number of halogens is 3. The Balaban J connectivity index is 2.29. The normalized spacial score (nSPS) is 12.6. The minimum atomic E-state index is -1.42. The zero-order valence-corrected chi connectivity index (χ0v) is 12.7. The van der Waals surface area contributed by atoms with E-state index in [-0.39, 0.29) is 5.56 Å². The van der Waals surface area contributed by atoms with E-state index in [4.69, 9.17) is 0 Å². The molecule has 0 saturated heterocycles. The Labute approximate surface area is 126 Å². The van der Waals surface area contributed by atoms with Gasteiger partial charge in [0, 0.05) is 29.1 Å². The standard InChI is InChI=1S/C15H17F3N2S/c1-3-6-19-12(7-13-20-9(2)8-21-13)10-4-5-11(16)15(18)14(10)17/h4-5,8,12,19H,3,6-7H2,1-2H3. The lowest BCUT2D eigenvalue weighted by Gasteiger charge is -2.19. The molecule has 2 rings (SSSR count). The average Bonchev–Trinajstić information content (AvgIpc) is 2.87. The highest BCUT2D eigenvalue weighted by atomic mass is 32.1. The van der Waals surface area contributed by atoms with Crippen LogP contribution in [0, 0.1) is 24.4 Å². The van der Waals surface area contributed by atoms with Gasteiger partial charge in [-0.05, 0) is 26.0 Å². The van der Waals surface area contributed by atoms with Crippen LogP contribution >= 0.6 is 11.3 Å². The minimum Gasteiger partial charge on any atom is -0.309 e. The quantitative estimate of drug-likeness (QED) is 0.810. The van der Waals surface area contributed by atoms with Crippen molar-refractivity contribution < 1.29 is 13.2 Å². The van der Waals surface area contributed by atoms with Crippen molar-refractivity contribution >= 4 is 11.3 Å². The Morgan fingerprint density at radius 3 is 2.62 bits per heavy atom. The van der Waals surface area contributed by atoms with Crippen LogP contribution < -0.4 is 5.32 Å². The van der Waals surface area contributed by atoms with E-state index in [1.807, 2.05) is 19.2 Å². The molecule has 0 bridgehead atoms. The summed E-state index contributed by atoms with van der Waals surface area (Å²) in [5.74, 6) is -3.72. The first-order valence-corrected chi connectivity index (χ1v) is 7.68. The van der Waals surface area contributed by atoms with Crippen LogP contribution in [0.4, 0.5) is 13.2 Å². The smallest absolute Gasteiger partial charge is 0.194 e. The van der Waals surface area contributed by atoms with E-state index in [9.17, 15) is 13.2 Å². The number of nitrogens with zero attached hydrogens (tertiary/aromatic N) is 1. The summed E-state index contributed by atoms with van der Waals surface area (Å²) in [5, 5.41) is 5.92. The zero-order valence-electron chi connectivity index (χ0n) is 11.9. The lowest BCUT2D eigenvalue weighted by Crippen LogP contribution is -2.25. The molecule has 2 nitrogen and oxygen atoms in total. The van der Waals surface area contributed by atoms with Crippen molar-refractivity contribution in [2.45, 2.75) is 32.7 Å². The van der Waals surface area contributed by atoms with Gasteiger partial charge >= 0.3 is 0 Å². The largest absolute Gasteiger partial charge is 0.309 e. The molecule has 0 spiro atoms. The zero-order chi connectivity index (χ0) is 15.4. The average molecular weight is 314 g/mol. The molecule has 1 heterocycles. The van der Waals surface area contributed by atoms with Crippen LogP contribution in [0.2, 0.25) is 0 Å². The van der Waals surface area contributed by atoms with E-state index in [0.717, 1.165) is 23.2 Å². The third kappa shape index (κ3) is 3.83. The molecule has 1 aromatic carbocycles. The van der Waals surface area contributed by atoms with E-state index >= 15 is 0 Å². The first-order chi connectivity index (χ1) is 10.0. The molecule has 0 fully saturated rings. The Kier molecular flexibility index (Phi) is 5.36. The summed E-state index contributed by atoms with van der Waals surface area (Å²) in [5.41, 5.74) is 1.03. The van der Waals surface area contributed by atoms with Crippen LogP contribution in [-0.4, -0.2) is 11.5 Å². The van der Waals surface area contributed by atoms with Gasteiger partial charge in [-0.25, -0.2) is 18.2 Å². The minimum absolute atomic E-state index is 0.134. The molecule has 1 atom stereocenters. The van der Waals surface area contributed by atoms with Crippen molar-refractivity contribution in [3.05, 3.63) is 51.2 Å². The molecule has 2 aromatic rings. The summed E-state index contributed by atoms with van der Waals surface area (Å²) in [4.78, 5) is 4.34. The van der Waals surface area contributed by atoms with Crippen LogP contribution in [0.25, 0.3) is 0 Å². The van der Waals surface area contributed by atoms with Gasteiger partial charge in [0.2, 0.25) is 0 Å². The van der Waals surface area contributed by atoms with Gasteiger partial charge in [-0.15, -0.1) is 11.3 Å². The Hall–Kier alpha value is -1.40. The van der Waals surface area contributed by atoms with Crippen molar-refractivity contribution in [1.82, 2.24) is 10.3 Å². The number of nitrogens with one attached hydrogen (secondary N) is 1. The second-order valence-corrected chi connectivity index (χ2v) is 5.80. The third-order valence-corrected chi connectivity index (χ3v) is 4.12. The molecular formula is C15H17F3N2S. The molecule has 0 amide bonds. The fraction of sp³-hybridized carbons (Fsp3) is 0.400. The summed E-state index contributed by atoms with van der Waals surface area (Å²) in [6.45, 7) is 4.53. The summed E-state index contributed by atoms with van der Waals surface area (Å²) in [6, 6.07) is 1.83. The summed E-state index contributed by atoms with van der Waals surface area (Å²) >= 11 is 1.48.